The summed E-state index contributed by atoms with van der Waals surface area (Å²) in [5, 5.41) is 0. The van der Waals surface area contributed by atoms with Gasteiger partial charge in [-0.2, -0.15) is 79.1 Å². The van der Waals surface area contributed by atoms with E-state index in [2.05, 4.69) is 227 Å². The normalized spacial score (nSPS) is 13.2. The summed E-state index contributed by atoms with van der Waals surface area (Å²) in [4.78, 5) is 22.2. The summed E-state index contributed by atoms with van der Waals surface area (Å²) in [5.41, 5.74) is 15.1. The summed E-state index contributed by atoms with van der Waals surface area (Å²) in [6, 6.07) is 76.9. The van der Waals surface area contributed by atoms with Crippen molar-refractivity contribution in [3.05, 3.63) is 250 Å². The number of ether oxygens (including phenoxy) is 1. The van der Waals surface area contributed by atoms with E-state index in [1.807, 2.05) is 54.6 Å². The van der Waals surface area contributed by atoms with E-state index in [9.17, 15) is 0 Å². The molecule has 76 heavy (non-hydrogen) atoms. The van der Waals surface area contributed by atoms with Crippen LogP contribution in [-0.2, 0) is 41.2 Å². The van der Waals surface area contributed by atoms with Crippen molar-refractivity contribution < 1.29 is 45.9 Å². The molecule has 9 nitrogen and oxygen atoms in total. The Labute approximate surface area is 477 Å². The molecule has 9 aromatic rings. The minimum Gasteiger partial charge on any atom is -0.510 e. The summed E-state index contributed by atoms with van der Waals surface area (Å²) in [5.74, 6) is 2.13. The average Bonchev–Trinajstić information content (AvgIpc) is 4.16. The van der Waals surface area contributed by atoms with Gasteiger partial charge in [-0.15, -0.1) is 77.6 Å². The molecule has 2 aromatic heterocycles. The van der Waals surface area contributed by atoms with Crippen LogP contribution in [0, 0.1) is 50.3 Å². The summed E-state index contributed by atoms with van der Waals surface area (Å²) < 4.78 is 6.09. The van der Waals surface area contributed by atoms with Crippen LogP contribution in [0.15, 0.2) is 188 Å². The second kappa shape index (κ2) is 24.6. The number of unbranched alkanes of at least 4 members (excludes halogenated alkanes) is 1. The van der Waals surface area contributed by atoms with Crippen LogP contribution in [0.3, 0.4) is 0 Å². The SMILES string of the molecule is CC(C)c1c[c-]c(N2[CH-]N(CCCCN3[CH-]N(c4[c-]cc(C(C)C)cc4)c4ccccc43)c3ccccc32)cc1.[Ir].[Pt].[c-]1c(Oc2[c-]c(-c3[c-]cccn3)ncc2)cccc1N1[CH-]N(c2ccccc2)c2ccccc21. The third-order valence-electron chi connectivity index (χ3n) is 13.4. The second-order valence-electron chi connectivity index (χ2n) is 19.0. The molecular formula is C65H56IrN8OPt-8. The van der Waals surface area contributed by atoms with Crippen LogP contribution >= 0.6 is 0 Å². The third kappa shape index (κ3) is 11.8. The van der Waals surface area contributed by atoms with E-state index in [0.29, 0.717) is 34.7 Å². The van der Waals surface area contributed by atoms with Gasteiger partial charge in [0.25, 0.3) is 0 Å². The molecule has 0 unspecified atom stereocenters. The van der Waals surface area contributed by atoms with Gasteiger partial charge in [-0.05, 0) is 86.9 Å². The van der Waals surface area contributed by atoms with E-state index in [4.69, 9.17) is 4.74 Å². The first-order valence-corrected chi connectivity index (χ1v) is 25.4. The third-order valence-corrected chi connectivity index (χ3v) is 13.4. The van der Waals surface area contributed by atoms with E-state index in [0.717, 1.165) is 60.1 Å². The minimum atomic E-state index is 0. The van der Waals surface area contributed by atoms with Crippen LogP contribution in [0.4, 0.5) is 56.9 Å². The van der Waals surface area contributed by atoms with Crippen molar-refractivity contribution in [1.82, 2.24) is 9.97 Å². The fourth-order valence-electron chi connectivity index (χ4n) is 9.39. The number of pyridine rings is 2. The molecule has 0 fully saturated rings. The van der Waals surface area contributed by atoms with Crippen LogP contribution < -0.4 is 34.1 Å². The molecule has 0 bridgehead atoms. The van der Waals surface area contributed by atoms with Gasteiger partial charge < -0.3 is 44.1 Å². The van der Waals surface area contributed by atoms with Crippen LogP contribution in [0.25, 0.3) is 11.4 Å². The molecule has 0 saturated carbocycles. The fourth-order valence-corrected chi connectivity index (χ4v) is 9.39. The summed E-state index contributed by atoms with van der Waals surface area (Å²) in [6.07, 6.45) is 5.57. The van der Waals surface area contributed by atoms with E-state index in [1.165, 1.54) is 33.9 Å². The topological polar surface area (TPSA) is 54.5 Å². The molecule has 0 atom stereocenters. The standard InChI is InChI=1S/C36H38N4.C29H18N4O.Ir.Pt/c1-27(2)29-15-19-31(20-16-29)39-25-37(33-11-5-7-13-35(33)39)23-9-10-24-38-26-40(36-14-8-6-12-34(36)38)32-21-17-30(18-22-32)28(3)4;1-2-9-22(10-3-1)32-21-33(29-15-5-4-14-28(29)32)23-11-8-12-24(19-23)34-25-16-18-31-27(20-25)26-13-6-7-17-30-26;;/h5-8,11-19,21,25-28H,9-10,23-24H2,1-4H3;1-12,14-18,21H;;/q2*-4;;. The van der Waals surface area contributed by atoms with Gasteiger partial charge in [0, 0.05) is 92.5 Å². The molecule has 0 N–H and O–H groups in total. The maximum Gasteiger partial charge on any atom is 0.0344 e. The van der Waals surface area contributed by atoms with E-state index in [-0.39, 0.29) is 41.2 Å². The van der Waals surface area contributed by atoms with Crippen molar-refractivity contribution in [2.75, 3.05) is 42.5 Å². The quantitative estimate of drug-likeness (QED) is 0.0783. The predicted octanol–water partition coefficient (Wildman–Crippen LogP) is 15.9. The zero-order valence-corrected chi connectivity index (χ0v) is 47.4. The molecule has 3 aliphatic heterocycles. The maximum atomic E-state index is 6.09. The molecule has 0 spiro atoms. The number of anilines is 10. The molecule has 7 aromatic carbocycles. The minimum absolute atomic E-state index is 0. The van der Waals surface area contributed by atoms with Crippen LogP contribution in [0.2, 0.25) is 0 Å². The predicted molar refractivity (Wildman–Crippen MR) is 300 cm³/mol. The Balaban J connectivity index is 0.000000183. The molecule has 11 heteroatoms. The van der Waals surface area contributed by atoms with Crippen molar-refractivity contribution in [2.24, 2.45) is 0 Å². The Hall–Kier alpha value is -7.22. The molecule has 0 saturated heterocycles. The first-order valence-electron chi connectivity index (χ1n) is 25.4. The number of nitrogens with zero attached hydrogens (tertiary/aromatic N) is 8. The number of benzene rings is 7. The molecule has 0 amide bonds. The number of aromatic nitrogens is 2. The number of hydrogen-bond acceptors (Lipinski definition) is 9. The second-order valence-corrected chi connectivity index (χ2v) is 19.0. The fraction of sp³-hybridized carbons (Fsp3) is 0.154. The molecule has 0 aliphatic carbocycles. The van der Waals surface area contributed by atoms with Crippen molar-refractivity contribution in [3.63, 3.8) is 0 Å². The van der Waals surface area contributed by atoms with Crippen LogP contribution in [0.5, 0.6) is 11.5 Å². The smallest absolute Gasteiger partial charge is 0.0344 e. The first-order chi connectivity index (χ1) is 36.3. The monoisotopic (exact) mass is 1350 g/mol. The number of fused-ring (bicyclic) bond motifs is 3. The Morgan fingerprint density at radius 3 is 1.47 bits per heavy atom. The Morgan fingerprint density at radius 1 is 0.447 bits per heavy atom. The van der Waals surface area contributed by atoms with Crippen LogP contribution in [0.1, 0.15) is 63.5 Å². The van der Waals surface area contributed by atoms with E-state index >= 15 is 0 Å². The van der Waals surface area contributed by atoms with Crippen molar-refractivity contribution in [3.8, 4) is 22.9 Å². The van der Waals surface area contributed by atoms with Gasteiger partial charge >= 0.3 is 0 Å². The van der Waals surface area contributed by atoms with E-state index < -0.39 is 0 Å². The first kappa shape index (κ1) is 53.6. The Kier molecular flexibility index (Phi) is 17.4. The largest absolute Gasteiger partial charge is 0.510 e. The van der Waals surface area contributed by atoms with Gasteiger partial charge in [0.2, 0.25) is 0 Å². The van der Waals surface area contributed by atoms with Gasteiger partial charge in [-0.1, -0.05) is 94.1 Å². The van der Waals surface area contributed by atoms with Gasteiger partial charge in [-0.25, -0.2) is 6.07 Å². The van der Waals surface area contributed by atoms with Gasteiger partial charge in [0.1, 0.15) is 0 Å². The van der Waals surface area contributed by atoms with Gasteiger partial charge in [-0.3, -0.25) is 0 Å². The van der Waals surface area contributed by atoms with Crippen LogP contribution in [-0.4, -0.2) is 23.1 Å². The number of para-hydroxylation sites is 7. The van der Waals surface area contributed by atoms with Gasteiger partial charge in [0.05, 0.1) is 0 Å². The molecule has 12 rings (SSSR count). The zero-order valence-electron chi connectivity index (χ0n) is 42.7. The summed E-state index contributed by atoms with van der Waals surface area (Å²) >= 11 is 0. The zero-order chi connectivity index (χ0) is 50.4. The molecule has 5 heterocycles. The molecule has 3 aliphatic rings. The summed E-state index contributed by atoms with van der Waals surface area (Å²) in [7, 11) is 0. The van der Waals surface area contributed by atoms with E-state index in [1.54, 1.807) is 24.5 Å². The molecular weight excluding hydrogens is 1300 g/mol. The molecule has 1 radical (unpaired) electrons. The summed E-state index contributed by atoms with van der Waals surface area (Å²) in [6.45, 7) is 17.4. The Bertz CT molecular complexity index is 3200. The Morgan fingerprint density at radius 2 is 0.947 bits per heavy atom. The van der Waals surface area contributed by atoms with Crippen molar-refractivity contribution in [1.29, 1.82) is 0 Å². The number of rotatable bonds is 14. The molecule has 389 valence electrons. The van der Waals surface area contributed by atoms with Gasteiger partial charge in [0.15, 0.2) is 0 Å². The maximum absolute atomic E-state index is 6.09. The van der Waals surface area contributed by atoms with Crippen molar-refractivity contribution >= 4 is 56.9 Å². The average molecular weight is 1350 g/mol. The number of hydrogen-bond donors (Lipinski definition) is 0. The van der Waals surface area contributed by atoms with Crippen molar-refractivity contribution in [2.45, 2.75) is 52.4 Å².